The van der Waals surface area contributed by atoms with Gasteiger partial charge < -0.3 is 26.5 Å². The highest BCUT2D eigenvalue weighted by atomic mass is 16.2. The number of likely N-dealkylation sites (N-methyl/N-ethyl adjacent to an activating group) is 1. The maximum Gasteiger partial charge on any atom is 0.254 e. The van der Waals surface area contributed by atoms with Gasteiger partial charge in [-0.15, -0.1) is 0 Å². The van der Waals surface area contributed by atoms with E-state index in [0.29, 0.717) is 24.2 Å². The zero-order valence-electron chi connectivity index (χ0n) is 18.1. The van der Waals surface area contributed by atoms with E-state index < -0.39 is 6.04 Å². The molecule has 5 N–H and O–H groups in total. The third kappa shape index (κ3) is 5.98. The van der Waals surface area contributed by atoms with Gasteiger partial charge in [0.05, 0.1) is 6.54 Å². The van der Waals surface area contributed by atoms with E-state index in [1.165, 1.54) is 17.5 Å². The minimum absolute atomic E-state index is 0.195. The van der Waals surface area contributed by atoms with Crippen LogP contribution < -0.4 is 11.1 Å². The maximum absolute atomic E-state index is 12.9. The van der Waals surface area contributed by atoms with Crippen LogP contribution in [0.1, 0.15) is 29.3 Å². The lowest BCUT2D eigenvalue weighted by atomic mass is 9.99. The molecule has 0 aromatic heterocycles. The molecule has 0 saturated carbocycles. The summed E-state index contributed by atoms with van der Waals surface area (Å²) in [4.78, 5) is 26.6. The van der Waals surface area contributed by atoms with E-state index >= 15 is 0 Å². The normalized spacial score (nSPS) is 14.8. The molecule has 0 unspecified atom stereocenters. The van der Waals surface area contributed by atoms with E-state index in [4.69, 9.17) is 10.5 Å². The highest BCUT2D eigenvalue weighted by Gasteiger charge is 2.37. The van der Waals surface area contributed by atoms with Gasteiger partial charge in [-0.2, -0.15) is 0 Å². The molecule has 1 aliphatic rings. The number of aliphatic hydroxyl groups is 1. The lowest BCUT2D eigenvalue weighted by molar-refractivity contribution is -0.124. The number of hydrogen-bond acceptors (Lipinski definition) is 5. The summed E-state index contributed by atoms with van der Waals surface area (Å²) in [5.41, 5.74) is 8.80. The number of hydrogen-bond donors (Lipinski definition) is 4. The molecule has 0 spiro atoms. The standard InChI is InChI=1S/C21H23N3O2.CH5N.CH4O/c1-3-23-20(25)19-12-17(22)13-24(19)21(26)16-10-8-15(9-11-16)18-7-5-4-6-14(18)2;2*1-2/h4-11,19,22H,3,12-13H2,1-2H3,(H,23,25);2H2,1H3;2H,1H3/t19-;;/m0../s1. The van der Waals surface area contributed by atoms with Gasteiger partial charge in [-0.25, -0.2) is 0 Å². The zero-order valence-corrected chi connectivity index (χ0v) is 18.1. The Morgan fingerprint density at radius 3 is 2.30 bits per heavy atom. The van der Waals surface area contributed by atoms with E-state index in [2.05, 4.69) is 30.1 Å². The van der Waals surface area contributed by atoms with Gasteiger partial charge in [0.1, 0.15) is 6.04 Å². The molecule has 0 aliphatic carbocycles. The Balaban J connectivity index is 0.00000106. The van der Waals surface area contributed by atoms with Crippen molar-refractivity contribution < 1.29 is 14.7 Å². The number of aryl methyl sites for hydroxylation is 1. The topological polar surface area (TPSA) is 120 Å². The van der Waals surface area contributed by atoms with Gasteiger partial charge in [0.15, 0.2) is 0 Å². The second-order valence-electron chi connectivity index (χ2n) is 6.54. The summed E-state index contributed by atoms with van der Waals surface area (Å²) in [6.45, 7) is 4.62. The molecule has 2 aromatic rings. The number of nitrogens with one attached hydrogen (secondary N) is 2. The average Bonchev–Trinajstić information content (AvgIpc) is 3.18. The van der Waals surface area contributed by atoms with Crippen molar-refractivity contribution in [3.63, 3.8) is 0 Å². The monoisotopic (exact) mass is 412 g/mol. The van der Waals surface area contributed by atoms with Crippen molar-refractivity contribution in [3.05, 3.63) is 59.7 Å². The number of rotatable bonds is 4. The summed E-state index contributed by atoms with van der Waals surface area (Å²) >= 11 is 0. The van der Waals surface area contributed by atoms with Gasteiger partial charge in [-0.05, 0) is 49.7 Å². The first-order chi connectivity index (χ1) is 14.5. The van der Waals surface area contributed by atoms with E-state index in [1.54, 1.807) is 12.1 Å². The predicted molar refractivity (Wildman–Crippen MR) is 121 cm³/mol. The average molecular weight is 413 g/mol. The number of carbonyl (C=O) groups is 2. The van der Waals surface area contributed by atoms with Crippen LogP contribution in [0.25, 0.3) is 11.1 Å². The summed E-state index contributed by atoms with van der Waals surface area (Å²) in [6.07, 6.45) is 0.304. The molecule has 7 heteroatoms. The predicted octanol–water partition coefficient (Wildman–Crippen LogP) is 2.22. The molecule has 1 aliphatic heterocycles. The summed E-state index contributed by atoms with van der Waals surface area (Å²) in [5.74, 6) is -0.403. The van der Waals surface area contributed by atoms with Crippen LogP contribution in [0.2, 0.25) is 0 Å². The fourth-order valence-electron chi connectivity index (χ4n) is 3.32. The second-order valence-corrected chi connectivity index (χ2v) is 6.54. The first-order valence-electron chi connectivity index (χ1n) is 9.84. The van der Waals surface area contributed by atoms with E-state index in [9.17, 15) is 9.59 Å². The Bertz CT molecular complexity index is 850. The Morgan fingerprint density at radius 2 is 1.73 bits per heavy atom. The van der Waals surface area contributed by atoms with Crippen LogP contribution in [-0.2, 0) is 4.79 Å². The van der Waals surface area contributed by atoms with Crippen molar-refractivity contribution in [3.8, 4) is 11.1 Å². The van der Waals surface area contributed by atoms with Crippen molar-refractivity contribution in [1.29, 1.82) is 5.41 Å². The Kier molecular flexibility index (Phi) is 10.4. The largest absolute Gasteiger partial charge is 0.400 e. The van der Waals surface area contributed by atoms with Crippen molar-refractivity contribution in [1.82, 2.24) is 10.2 Å². The molecule has 1 fully saturated rings. The number of nitrogens with zero attached hydrogens (tertiary/aromatic N) is 1. The van der Waals surface area contributed by atoms with Crippen LogP contribution in [0.3, 0.4) is 0 Å². The van der Waals surface area contributed by atoms with Crippen molar-refractivity contribution in [2.75, 3.05) is 27.2 Å². The molecule has 2 aromatic carbocycles. The third-order valence-corrected chi connectivity index (χ3v) is 4.68. The number of amides is 2. The second kappa shape index (κ2) is 12.5. The van der Waals surface area contributed by atoms with Crippen LogP contribution in [0.5, 0.6) is 0 Å². The molecule has 2 amide bonds. The van der Waals surface area contributed by atoms with E-state index in [1.807, 2.05) is 31.2 Å². The van der Waals surface area contributed by atoms with Crippen molar-refractivity contribution >= 4 is 17.5 Å². The van der Waals surface area contributed by atoms with Crippen LogP contribution in [-0.4, -0.2) is 60.8 Å². The SMILES string of the molecule is CCNC(=O)[C@@H]1CC(=N)CN1C(=O)c1ccc(-c2ccccc2C)cc1.CN.CO. The number of likely N-dealkylation sites (tertiary alicyclic amines) is 1. The summed E-state index contributed by atoms with van der Waals surface area (Å²) in [5, 5.41) is 17.6. The molecular formula is C23H32N4O3. The highest BCUT2D eigenvalue weighted by Crippen LogP contribution is 2.25. The van der Waals surface area contributed by atoms with Gasteiger partial charge in [0, 0.05) is 31.4 Å². The van der Waals surface area contributed by atoms with Gasteiger partial charge in [0.2, 0.25) is 5.91 Å². The van der Waals surface area contributed by atoms with E-state index in [-0.39, 0.29) is 18.4 Å². The van der Waals surface area contributed by atoms with Crippen LogP contribution in [0, 0.1) is 12.3 Å². The summed E-state index contributed by atoms with van der Waals surface area (Å²) < 4.78 is 0. The molecule has 162 valence electrons. The smallest absolute Gasteiger partial charge is 0.254 e. The van der Waals surface area contributed by atoms with Crippen LogP contribution in [0.15, 0.2) is 48.5 Å². The minimum atomic E-state index is -0.592. The summed E-state index contributed by atoms with van der Waals surface area (Å²) in [7, 11) is 2.50. The number of carbonyl (C=O) groups excluding carboxylic acids is 2. The quantitative estimate of drug-likeness (QED) is 0.615. The van der Waals surface area contributed by atoms with Crippen LogP contribution >= 0.6 is 0 Å². The van der Waals surface area contributed by atoms with Gasteiger partial charge >= 0.3 is 0 Å². The lowest BCUT2D eigenvalue weighted by Gasteiger charge is -2.23. The van der Waals surface area contributed by atoms with Crippen LogP contribution in [0.4, 0.5) is 0 Å². The fourth-order valence-corrected chi connectivity index (χ4v) is 3.32. The molecule has 3 rings (SSSR count). The van der Waals surface area contributed by atoms with Gasteiger partial charge in [-0.1, -0.05) is 36.4 Å². The van der Waals surface area contributed by atoms with Crippen molar-refractivity contribution in [2.45, 2.75) is 26.3 Å². The first kappa shape index (κ1) is 25.0. The fraction of sp³-hybridized carbons (Fsp3) is 0.348. The molecule has 30 heavy (non-hydrogen) atoms. The number of benzene rings is 2. The first-order valence-corrected chi connectivity index (χ1v) is 9.84. The summed E-state index contributed by atoms with van der Waals surface area (Å²) in [6, 6.07) is 15.0. The highest BCUT2D eigenvalue weighted by molar-refractivity contribution is 6.04. The lowest BCUT2D eigenvalue weighted by Crippen LogP contribution is -2.45. The maximum atomic E-state index is 12.9. The molecular weight excluding hydrogens is 380 g/mol. The Hall–Kier alpha value is -3.03. The molecule has 0 radical (unpaired) electrons. The zero-order chi connectivity index (χ0) is 22.7. The Labute approximate surface area is 178 Å². The van der Waals surface area contributed by atoms with Gasteiger partial charge in [-0.3, -0.25) is 9.59 Å². The molecule has 0 bridgehead atoms. The minimum Gasteiger partial charge on any atom is -0.400 e. The molecule has 1 atom stereocenters. The van der Waals surface area contributed by atoms with E-state index in [0.717, 1.165) is 18.2 Å². The molecule has 7 nitrogen and oxygen atoms in total. The third-order valence-electron chi connectivity index (χ3n) is 4.68. The Morgan fingerprint density at radius 1 is 1.13 bits per heavy atom. The van der Waals surface area contributed by atoms with Crippen molar-refractivity contribution in [2.24, 2.45) is 5.73 Å². The molecule has 1 heterocycles. The number of nitrogens with two attached hydrogens (primary N) is 1. The number of aliphatic hydroxyl groups excluding tert-OH is 1. The molecule has 1 saturated heterocycles. The van der Waals surface area contributed by atoms with Gasteiger partial charge in [0.25, 0.3) is 5.91 Å².